The molecule has 0 aliphatic rings. The fraction of sp³-hybridized carbons (Fsp3) is 0.273. The van der Waals surface area contributed by atoms with Gasteiger partial charge in [-0.05, 0) is 61.2 Å². The number of nitrogens with one attached hydrogen (secondary N) is 1. The Bertz CT molecular complexity index is 1780. The molecule has 0 fully saturated rings. The van der Waals surface area contributed by atoms with Crippen LogP contribution in [0.4, 0.5) is 0 Å². The summed E-state index contributed by atoms with van der Waals surface area (Å²) in [7, 11) is 1.64. The normalized spacial score (nSPS) is 11.6. The molecule has 0 spiro atoms. The second-order valence-corrected chi connectivity index (χ2v) is 10.2. The molecule has 10 heteroatoms. The maximum absolute atomic E-state index is 14.0. The summed E-state index contributed by atoms with van der Waals surface area (Å²) < 4.78 is 17.4. The third kappa shape index (κ3) is 7.43. The summed E-state index contributed by atoms with van der Waals surface area (Å²) in [6, 6.07) is 23.2. The molecule has 2 heterocycles. The van der Waals surface area contributed by atoms with Gasteiger partial charge in [-0.15, -0.1) is 0 Å². The standard InChI is InChI=1S/C33H34N4O5.Na/c1-5-8-30-29(32(38)37(22(3)34-30)25-15-17-26(18-16-25)41-21(2)20-40-4)19-23-11-13-24(14-12-23)27-9-6-7-10-28(27)31-35-33(39)42-36-31;/h6-7,9-18,21H,5,8,19-20H2,1-4H3,(H,35,36,39);. The minimum Gasteiger partial charge on any atom is -0.488 e. The topological polar surface area (TPSA) is 112 Å². The van der Waals surface area contributed by atoms with Gasteiger partial charge in [-0.3, -0.25) is 18.9 Å². The molecular formula is C33H34N4NaO5. The van der Waals surface area contributed by atoms with Crippen LogP contribution in [-0.4, -0.2) is 69.1 Å². The van der Waals surface area contributed by atoms with Crippen LogP contribution in [0.1, 0.15) is 42.9 Å². The van der Waals surface area contributed by atoms with E-state index in [1.54, 1.807) is 11.7 Å². The molecule has 0 bridgehead atoms. The average Bonchev–Trinajstić information content (AvgIpc) is 3.42. The predicted octanol–water partition coefficient (Wildman–Crippen LogP) is 5.13. The maximum Gasteiger partial charge on any atom is 0.439 e. The van der Waals surface area contributed by atoms with Crippen molar-refractivity contribution in [2.24, 2.45) is 0 Å². The molecule has 217 valence electrons. The van der Waals surface area contributed by atoms with E-state index in [1.165, 1.54) is 0 Å². The summed E-state index contributed by atoms with van der Waals surface area (Å²) in [6.45, 7) is 6.38. The molecule has 43 heavy (non-hydrogen) atoms. The Morgan fingerprint density at radius 3 is 2.30 bits per heavy atom. The molecule has 0 saturated heterocycles. The van der Waals surface area contributed by atoms with Crippen LogP contribution in [0.2, 0.25) is 0 Å². The minimum absolute atomic E-state index is 0. The van der Waals surface area contributed by atoms with E-state index in [0.717, 1.165) is 46.5 Å². The Morgan fingerprint density at radius 1 is 0.977 bits per heavy atom. The van der Waals surface area contributed by atoms with Gasteiger partial charge >= 0.3 is 5.76 Å². The number of rotatable bonds is 11. The van der Waals surface area contributed by atoms with Crippen LogP contribution in [0.25, 0.3) is 28.2 Å². The largest absolute Gasteiger partial charge is 0.488 e. The van der Waals surface area contributed by atoms with Crippen LogP contribution in [0.5, 0.6) is 5.75 Å². The molecule has 0 aliphatic heterocycles. The van der Waals surface area contributed by atoms with E-state index in [2.05, 4.69) is 17.1 Å². The van der Waals surface area contributed by atoms with Gasteiger partial charge in [0.05, 0.1) is 18.0 Å². The van der Waals surface area contributed by atoms with Crippen molar-refractivity contribution in [1.82, 2.24) is 19.7 Å². The van der Waals surface area contributed by atoms with Crippen LogP contribution < -0.4 is 16.1 Å². The molecule has 0 aliphatic carbocycles. The summed E-state index contributed by atoms with van der Waals surface area (Å²) in [4.78, 5) is 33.0. The van der Waals surface area contributed by atoms with E-state index < -0.39 is 5.76 Å². The summed E-state index contributed by atoms with van der Waals surface area (Å²) in [6.07, 6.45) is 1.97. The number of hydrogen-bond donors (Lipinski definition) is 1. The molecule has 1 unspecified atom stereocenters. The molecule has 0 saturated carbocycles. The van der Waals surface area contributed by atoms with E-state index in [0.29, 0.717) is 36.0 Å². The fourth-order valence-electron chi connectivity index (χ4n) is 5.11. The molecular weight excluding hydrogens is 555 g/mol. The van der Waals surface area contributed by atoms with Crippen molar-refractivity contribution in [3.63, 3.8) is 0 Å². The van der Waals surface area contributed by atoms with E-state index in [9.17, 15) is 9.59 Å². The van der Waals surface area contributed by atoms with Crippen LogP contribution in [-0.2, 0) is 17.6 Å². The molecule has 5 aromatic rings. The first-order valence-electron chi connectivity index (χ1n) is 14.0. The van der Waals surface area contributed by atoms with Gasteiger partial charge in [0, 0.05) is 54.2 Å². The Morgan fingerprint density at radius 2 is 1.67 bits per heavy atom. The van der Waals surface area contributed by atoms with Gasteiger partial charge in [-0.25, -0.2) is 9.78 Å². The second-order valence-electron chi connectivity index (χ2n) is 10.2. The summed E-state index contributed by atoms with van der Waals surface area (Å²) >= 11 is 0. The average molecular weight is 590 g/mol. The van der Waals surface area contributed by atoms with Gasteiger partial charge in [0.15, 0.2) is 5.82 Å². The van der Waals surface area contributed by atoms with Crippen molar-refractivity contribution in [3.05, 3.63) is 116 Å². The number of H-pyrrole nitrogens is 1. The van der Waals surface area contributed by atoms with Crippen molar-refractivity contribution in [3.8, 4) is 34.0 Å². The third-order valence-electron chi connectivity index (χ3n) is 7.02. The number of ether oxygens (including phenoxy) is 2. The van der Waals surface area contributed by atoms with Crippen molar-refractivity contribution in [2.75, 3.05) is 13.7 Å². The zero-order chi connectivity index (χ0) is 29.6. The van der Waals surface area contributed by atoms with Gasteiger partial charge in [0.2, 0.25) is 0 Å². The first-order valence-corrected chi connectivity index (χ1v) is 14.0. The quantitative estimate of drug-likeness (QED) is 0.213. The summed E-state index contributed by atoms with van der Waals surface area (Å²) in [5.41, 5.74) is 5.79. The number of aromatic nitrogens is 4. The van der Waals surface area contributed by atoms with E-state index in [4.69, 9.17) is 19.0 Å². The smallest absolute Gasteiger partial charge is 0.439 e. The first-order chi connectivity index (χ1) is 20.4. The van der Waals surface area contributed by atoms with Gasteiger partial charge in [-0.1, -0.05) is 67.0 Å². The van der Waals surface area contributed by atoms with Crippen molar-refractivity contribution in [1.29, 1.82) is 0 Å². The third-order valence-corrected chi connectivity index (χ3v) is 7.02. The molecule has 3 aromatic carbocycles. The van der Waals surface area contributed by atoms with Crippen LogP contribution in [0.3, 0.4) is 0 Å². The van der Waals surface area contributed by atoms with Gasteiger partial charge in [-0.2, -0.15) is 0 Å². The van der Waals surface area contributed by atoms with Gasteiger partial charge in [0.25, 0.3) is 5.56 Å². The predicted molar refractivity (Wildman–Crippen MR) is 167 cm³/mol. The SMILES string of the molecule is CCCc1nc(C)n(-c2ccc(OC(C)COC)cc2)c(=O)c1Cc1ccc(-c2ccccc2-c2noc(=O)[nH]2)cc1.[Na]. The van der Waals surface area contributed by atoms with Gasteiger partial charge < -0.3 is 9.47 Å². The summed E-state index contributed by atoms with van der Waals surface area (Å²) in [5.74, 6) is 1.13. The van der Waals surface area contributed by atoms with Crippen LogP contribution >= 0.6 is 0 Å². The molecule has 1 N–H and O–H groups in total. The molecule has 5 rings (SSSR count). The van der Waals surface area contributed by atoms with Crippen LogP contribution in [0, 0.1) is 6.92 Å². The van der Waals surface area contributed by atoms with E-state index >= 15 is 0 Å². The first kappa shape index (κ1) is 32.2. The molecule has 1 radical (unpaired) electrons. The fourth-order valence-corrected chi connectivity index (χ4v) is 5.11. The zero-order valence-electron chi connectivity index (χ0n) is 25.2. The van der Waals surface area contributed by atoms with Crippen LogP contribution in [0.15, 0.2) is 86.9 Å². The molecule has 2 aromatic heterocycles. The Balaban J connectivity index is 0.00000423. The number of benzene rings is 3. The molecule has 9 nitrogen and oxygen atoms in total. The van der Waals surface area contributed by atoms with Crippen molar-refractivity contribution >= 4 is 29.6 Å². The number of hydrogen-bond acceptors (Lipinski definition) is 7. The zero-order valence-corrected chi connectivity index (χ0v) is 27.2. The Labute approximate surface area is 272 Å². The number of aromatic amines is 1. The number of aryl methyl sites for hydroxylation is 2. The second kappa shape index (κ2) is 14.6. The minimum atomic E-state index is -0.601. The number of nitrogens with zero attached hydrogens (tertiary/aromatic N) is 3. The van der Waals surface area contributed by atoms with Crippen molar-refractivity contribution < 1.29 is 14.0 Å². The number of methoxy groups -OCH3 is 1. The van der Waals surface area contributed by atoms with E-state index in [-0.39, 0.29) is 41.2 Å². The van der Waals surface area contributed by atoms with Crippen molar-refractivity contribution in [2.45, 2.75) is 46.1 Å². The maximum atomic E-state index is 14.0. The van der Waals surface area contributed by atoms with E-state index in [1.807, 2.05) is 86.6 Å². The Kier molecular flexibility index (Phi) is 10.9. The van der Waals surface area contributed by atoms with Gasteiger partial charge in [0.1, 0.15) is 17.7 Å². The molecule has 0 amide bonds. The summed E-state index contributed by atoms with van der Waals surface area (Å²) in [5, 5.41) is 3.85. The Hall–Kier alpha value is -3.76. The molecule has 1 atom stereocenters. The monoisotopic (exact) mass is 589 g/mol.